The maximum atomic E-state index is 6.22. The second-order valence-corrected chi connectivity index (χ2v) is 6.11. The fourth-order valence-electron chi connectivity index (χ4n) is 2.87. The zero-order chi connectivity index (χ0) is 13.5. The van der Waals surface area contributed by atoms with Crippen LogP contribution < -0.4 is 10.5 Å². The first kappa shape index (κ1) is 13.7. The van der Waals surface area contributed by atoms with Crippen molar-refractivity contribution in [3.63, 3.8) is 0 Å². The number of hydrogen-bond acceptors (Lipinski definition) is 2. The molecule has 100 valence electrons. The molecule has 0 saturated heterocycles. The van der Waals surface area contributed by atoms with Crippen molar-refractivity contribution in [3.8, 4) is 5.75 Å². The summed E-state index contributed by atoms with van der Waals surface area (Å²) in [4.78, 5) is 0. The van der Waals surface area contributed by atoms with Gasteiger partial charge in [0.25, 0.3) is 0 Å². The Kier molecular flexibility index (Phi) is 3.61. The molecule has 0 heterocycles. The molecular formula is C15H22ClNO. The number of hydrogen-bond donors (Lipinski definition) is 1. The van der Waals surface area contributed by atoms with E-state index in [9.17, 15) is 0 Å². The van der Waals surface area contributed by atoms with E-state index in [0.29, 0.717) is 5.92 Å². The highest BCUT2D eigenvalue weighted by molar-refractivity contribution is 6.30. The van der Waals surface area contributed by atoms with Gasteiger partial charge < -0.3 is 10.5 Å². The van der Waals surface area contributed by atoms with Crippen molar-refractivity contribution in [3.05, 3.63) is 28.3 Å². The topological polar surface area (TPSA) is 35.2 Å². The van der Waals surface area contributed by atoms with Crippen LogP contribution in [0.2, 0.25) is 5.02 Å². The minimum atomic E-state index is 0.109. The van der Waals surface area contributed by atoms with E-state index in [1.165, 1.54) is 11.1 Å². The average Bonchev–Trinajstić information content (AvgIpc) is 3.08. The van der Waals surface area contributed by atoms with E-state index in [-0.39, 0.29) is 11.5 Å². The van der Waals surface area contributed by atoms with Gasteiger partial charge in [0.1, 0.15) is 5.75 Å². The molecule has 0 radical (unpaired) electrons. The van der Waals surface area contributed by atoms with Crippen molar-refractivity contribution in [1.82, 2.24) is 0 Å². The van der Waals surface area contributed by atoms with Crippen molar-refractivity contribution >= 4 is 11.6 Å². The number of benzene rings is 1. The van der Waals surface area contributed by atoms with Crippen LogP contribution in [0.4, 0.5) is 0 Å². The molecule has 1 aliphatic carbocycles. The lowest BCUT2D eigenvalue weighted by Gasteiger charge is -2.26. The second-order valence-electron chi connectivity index (χ2n) is 5.67. The first-order valence-corrected chi connectivity index (χ1v) is 6.93. The molecule has 2 N–H and O–H groups in total. The molecule has 0 amide bonds. The molecule has 1 aliphatic rings. The molecule has 1 atom stereocenters. The van der Waals surface area contributed by atoms with E-state index in [4.69, 9.17) is 22.1 Å². The van der Waals surface area contributed by atoms with Crippen LogP contribution in [0.1, 0.15) is 50.7 Å². The second kappa shape index (κ2) is 4.75. The number of rotatable bonds is 4. The van der Waals surface area contributed by atoms with Gasteiger partial charge in [0.2, 0.25) is 0 Å². The third-order valence-electron chi connectivity index (χ3n) is 4.10. The molecule has 18 heavy (non-hydrogen) atoms. The van der Waals surface area contributed by atoms with Crippen molar-refractivity contribution < 1.29 is 4.74 Å². The van der Waals surface area contributed by atoms with Crippen LogP contribution in [0.25, 0.3) is 0 Å². The molecule has 1 saturated carbocycles. The van der Waals surface area contributed by atoms with Crippen molar-refractivity contribution in [2.24, 2.45) is 5.73 Å². The Labute approximate surface area is 114 Å². The lowest BCUT2D eigenvalue weighted by Crippen LogP contribution is -2.32. The number of halogens is 1. The van der Waals surface area contributed by atoms with E-state index < -0.39 is 0 Å². The number of ether oxygens (including phenoxy) is 1. The van der Waals surface area contributed by atoms with Gasteiger partial charge in [0.05, 0.1) is 7.11 Å². The molecular weight excluding hydrogens is 246 g/mol. The van der Waals surface area contributed by atoms with Gasteiger partial charge in [0, 0.05) is 22.0 Å². The highest BCUT2D eigenvalue weighted by Gasteiger charge is 2.49. The summed E-state index contributed by atoms with van der Waals surface area (Å²) in [5, 5.41) is 0.734. The minimum Gasteiger partial charge on any atom is -0.496 e. The van der Waals surface area contributed by atoms with E-state index in [1.807, 2.05) is 6.07 Å². The van der Waals surface area contributed by atoms with Gasteiger partial charge in [-0.15, -0.1) is 0 Å². The summed E-state index contributed by atoms with van der Waals surface area (Å²) in [6, 6.07) is 4.13. The van der Waals surface area contributed by atoms with Gasteiger partial charge >= 0.3 is 0 Å². The Morgan fingerprint density at radius 1 is 1.28 bits per heavy atom. The zero-order valence-electron chi connectivity index (χ0n) is 11.6. The van der Waals surface area contributed by atoms with Crippen LogP contribution >= 0.6 is 11.6 Å². The van der Waals surface area contributed by atoms with Crippen LogP contribution in [-0.2, 0) is 5.41 Å². The smallest absolute Gasteiger partial charge is 0.124 e. The lowest BCUT2D eigenvalue weighted by atomic mass is 9.82. The fraction of sp³-hybridized carbons (Fsp3) is 0.600. The predicted molar refractivity (Wildman–Crippen MR) is 76.7 cm³/mol. The predicted octanol–water partition coefficient (Wildman–Crippen LogP) is 3.85. The van der Waals surface area contributed by atoms with Crippen LogP contribution in [0.15, 0.2) is 12.1 Å². The van der Waals surface area contributed by atoms with Crippen molar-refractivity contribution in [1.29, 1.82) is 0 Å². The third kappa shape index (κ3) is 2.12. The molecule has 0 aromatic heterocycles. The Balaban J connectivity index is 2.62. The number of methoxy groups -OCH3 is 1. The van der Waals surface area contributed by atoms with Crippen molar-refractivity contribution in [2.75, 3.05) is 7.11 Å². The summed E-state index contributed by atoms with van der Waals surface area (Å²) in [5.74, 6) is 1.29. The van der Waals surface area contributed by atoms with Gasteiger partial charge in [0.15, 0.2) is 0 Å². The van der Waals surface area contributed by atoms with Gasteiger partial charge in [-0.3, -0.25) is 0 Å². The average molecular weight is 268 g/mol. The Morgan fingerprint density at radius 3 is 2.28 bits per heavy atom. The highest BCUT2D eigenvalue weighted by atomic mass is 35.5. The molecule has 1 fully saturated rings. The molecule has 2 rings (SSSR count). The lowest BCUT2D eigenvalue weighted by molar-refractivity contribution is 0.404. The van der Waals surface area contributed by atoms with E-state index in [0.717, 1.165) is 23.6 Å². The van der Waals surface area contributed by atoms with Crippen LogP contribution in [0.5, 0.6) is 5.75 Å². The van der Waals surface area contributed by atoms with Gasteiger partial charge in [-0.25, -0.2) is 0 Å². The van der Waals surface area contributed by atoms with Crippen LogP contribution in [0.3, 0.4) is 0 Å². The first-order valence-electron chi connectivity index (χ1n) is 6.56. The van der Waals surface area contributed by atoms with Gasteiger partial charge in [-0.1, -0.05) is 25.4 Å². The monoisotopic (exact) mass is 267 g/mol. The van der Waals surface area contributed by atoms with E-state index in [2.05, 4.69) is 26.8 Å². The first-order chi connectivity index (χ1) is 8.42. The SMILES string of the molecule is COc1cc(Cl)cc(C2(C(C)N)CC2)c1C(C)C. The standard InChI is InChI=1S/C15H22ClNO/c1-9(2)14-12(15(5-6-15)10(3)17)7-11(16)8-13(14)18-4/h7-10H,5-6,17H2,1-4H3. The van der Waals surface area contributed by atoms with Crippen LogP contribution in [0, 0.1) is 0 Å². The summed E-state index contributed by atoms with van der Waals surface area (Å²) in [7, 11) is 1.70. The molecule has 1 aromatic rings. The normalized spacial score (nSPS) is 18.8. The summed E-state index contributed by atoms with van der Waals surface area (Å²) in [5.41, 5.74) is 8.85. The van der Waals surface area contributed by atoms with E-state index >= 15 is 0 Å². The largest absolute Gasteiger partial charge is 0.496 e. The molecule has 1 unspecified atom stereocenters. The van der Waals surface area contributed by atoms with Gasteiger partial charge in [-0.2, -0.15) is 0 Å². The van der Waals surface area contributed by atoms with Crippen molar-refractivity contribution in [2.45, 2.75) is 51.0 Å². The molecule has 0 spiro atoms. The zero-order valence-corrected chi connectivity index (χ0v) is 12.3. The van der Waals surface area contributed by atoms with Gasteiger partial charge in [-0.05, 0) is 43.4 Å². The molecule has 0 aliphatic heterocycles. The molecule has 0 bridgehead atoms. The summed E-state index contributed by atoms with van der Waals surface area (Å²) in [6.07, 6.45) is 2.29. The van der Waals surface area contributed by atoms with E-state index in [1.54, 1.807) is 7.11 Å². The quantitative estimate of drug-likeness (QED) is 0.899. The summed E-state index contributed by atoms with van der Waals surface area (Å²) < 4.78 is 5.51. The Bertz CT molecular complexity index is 450. The molecule has 1 aromatic carbocycles. The minimum absolute atomic E-state index is 0.109. The third-order valence-corrected chi connectivity index (χ3v) is 4.32. The summed E-state index contributed by atoms with van der Waals surface area (Å²) >= 11 is 6.22. The maximum absolute atomic E-state index is 6.22. The Hall–Kier alpha value is -0.730. The fourth-order valence-corrected chi connectivity index (χ4v) is 3.08. The number of nitrogens with two attached hydrogens (primary N) is 1. The van der Waals surface area contributed by atoms with Crippen LogP contribution in [-0.4, -0.2) is 13.2 Å². The summed E-state index contributed by atoms with van der Waals surface area (Å²) in [6.45, 7) is 6.46. The maximum Gasteiger partial charge on any atom is 0.124 e. The Morgan fingerprint density at radius 2 is 1.89 bits per heavy atom. The molecule has 3 heteroatoms. The highest BCUT2D eigenvalue weighted by Crippen LogP contribution is 2.54. The molecule has 2 nitrogen and oxygen atoms in total.